The number of hydrogen-bond donors (Lipinski definition) is 2. The Morgan fingerprint density at radius 1 is 1.50 bits per heavy atom. The number of benzene rings is 1. The smallest absolute Gasteiger partial charge is 0.296 e. The second kappa shape index (κ2) is 5.07. The number of nitrogens with zero attached hydrogens (tertiary/aromatic N) is 2. The lowest BCUT2D eigenvalue weighted by molar-refractivity contribution is -0.384. The summed E-state index contributed by atoms with van der Waals surface area (Å²) in [6, 6.07) is 0.872. The van der Waals surface area contributed by atoms with Crippen LogP contribution in [0.15, 0.2) is 10.5 Å². The number of nitro groups is 1. The third-order valence-electron chi connectivity index (χ3n) is 2.84. The molecule has 3 N–H and O–H groups in total. The van der Waals surface area contributed by atoms with Crippen LogP contribution in [-0.4, -0.2) is 31.1 Å². The van der Waals surface area contributed by atoms with Crippen molar-refractivity contribution in [2.45, 2.75) is 0 Å². The number of nitrogens with one attached hydrogen (secondary N) is 1. The predicted octanol–water partition coefficient (Wildman–Crippen LogP) is 1.49. The van der Waals surface area contributed by atoms with Gasteiger partial charge in [-0.3, -0.25) is 10.1 Å². The summed E-state index contributed by atoms with van der Waals surface area (Å²) >= 11 is 3.15. The van der Waals surface area contributed by atoms with Crippen molar-refractivity contribution >= 4 is 33.0 Å². The van der Waals surface area contributed by atoms with E-state index in [-0.39, 0.29) is 10.2 Å². The molecule has 8 heteroatoms. The van der Waals surface area contributed by atoms with Crippen molar-refractivity contribution in [2.24, 2.45) is 0 Å². The molecule has 1 fully saturated rings. The first-order valence-electron chi connectivity index (χ1n) is 5.40. The first-order valence-corrected chi connectivity index (χ1v) is 6.19. The Kier molecular flexibility index (Phi) is 3.67. The summed E-state index contributed by atoms with van der Waals surface area (Å²) in [6.45, 7) is 2.74. The van der Waals surface area contributed by atoms with Crippen molar-refractivity contribution in [3.8, 4) is 0 Å². The fourth-order valence-corrected chi connectivity index (χ4v) is 2.58. The van der Waals surface area contributed by atoms with Gasteiger partial charge in [-0.2, -0.15) is 0 Å². The Morgan fingerprint density at radius 2 is 2.11 bits per heavy atom. The van der Waals surface area contributed by atoms with Crippen molar-refractivity contribution in [3.63, 3.8) is 0 Å². The van der Waals surface area contributed by atoms with Crippen LogP contribution in [-0.2, 0) is 0 Å². The third-order valence-corrected chi connectivity index (χ3v) is 3.64. The highest BCUT2D eigenvalue weighted by Gasteiger charge is 2.25. The van der Waals surface area contributed by atoms with E-state index in [1.807, 2.05) is 4.90 Å². The Balaban J connectivity index is 2.48. The molecular formula is C10H12BrFN4O2. The van der Waals surface area contributed by atoms with Gasteiger partial charge in [-0.25, -0.2) is 4.39 Å². The third kappa shape index (κ3) is 2.25. The minimum atomic E-state index is -0.690. The van der Waals surface area contributed by atoms with Crippen LogP contribution >= 0.6 is 15.9 Å². The molecule has 0 spiro atoms. The van der Waals surface area contributed by atoms with Crippen LogP contribution in [0.4, 0.5) is 21.5 Å². The van der Waals surface area contributed by atoms with Crippen LogP contribution in [0, 0.1) is 15.9 Å². The second-order valence-electron chi connectivity index (χ2n) is 3.95. The minimum Gasteiger partial charge on any atom is -0.392 e. The van der Waals surface area contributed by atoms with E-state index in [0.29, 0.717) is 18.8 Å². The molecule has 1 aliphatic heterocycles. The summed E-state index contributed by atoms with van der Waals surface area (Å²) in [6.07, 6.45) is 0. The summed E-state index contributed by atoms with van der Waals surface area (Å²) in [4.78, 5) is 11.9. The topological polar surface area (TPSA) is 84.4 Å². The van der Waals surface area contributed by atoms with Crippen LogP contribution in [0.25, 0.3) is 0 Å². The van der Waals surface area contributed by atoms with Crippen LogP contribution in [0.1, 0.15) is 0 Å². The van der Waals surface area contributed by atoms with Gasteiger partial charge in [0, 0.05) is 26.2 Å². The number of nitrogen functional groups attached to an aromatic ring is 1. The normalized spacial score (nSPS) is 15.8. The van der Waals surface area contributed by atoms with E-state index in [9.17, 15) is 14.5 Å². The van der Waals surface area contributed by atoms with Gasteiger partial charge < -0.3 is 16.0 Å². The Hall–Kier alpha value is -1.41. The van der Waals surface area contributed by atoms with Gasteiger partial charge >= 0.3 is 0 Å². The summed E-state index contributed by atoms with van der Waals surface area (Å²) < 4.78 is 14.2. The lowest BCUT2D eigenvalue weighted by atomic mass is 10.2. The lowest BCUT2D eigenvalue weighted by Gasteiger charge is -2.30. The molecule has 2 rings (SSSR count). The number of nitro benzene ring substituents is 1. The molecule has 1 aliphatic rings. The SMILES string of the molecule is Nc1c([N+](=O)[O-])cc(F)c(N2CCNCC2)c1Br. The summed E-state index contributed by atoms with van der Waals surface area (Å²) in [5.74, 6) is -0.635. The molecule has 98 valence electrons. The van der Waals surface area contributed by atoms with Crippen molar-refractivity contribution in [3.05, 3.63) is 26.5 Å². The number of anilines is 2. The van der Waals surface area contributed by atoms with Gasteiger partial charge in [-0.15, -0.1) is 0 Å². The zero-order valence-corrected chi connectivity index (χ0v) is 11.0. The van der Waals surface area contributed by atoms with Gasteiger partial charge in [0.2, 0.25) is 0 Å². The average Bonchev–Trinajstić information content (AvgIpc) is 2.35. The molecule has 0 bridgehead atoms. The highest BCUT2D eigenvalue weighted by atomic mass is 79.9. The molecule has 0 radical (unpaired) electrons. The molecule has 1 heterocycles. The van der Waals surface area contributed by atoms with E-state index in [0.717, 1.165) is 19.2 Å². The predicted molar refractivity (Wildman–Crippen MR) is 70.2 cm³/mol. The van der Waals surface area contributed by atoms with E-state index < -0.39 is 16.4 Å². The number of hydrogen-bond acceptors (Lipinski definition) is 5. The summed E-state index contributed by atoms with van der Waals surface area (Å²) in [5.41, 5.74) is 5.49. The van der Waals surface area contributed by atoms with Crippen LogP contribution in [0.5, 0.6) is 0 Å². The van der Waals surface area contributed by atoms with Crippen molar-refractivity contribution in [2.75, 3.05) is 36.8 Å². The number of rotatable bonds is 2. The van der Waals surface area contributed by atoms with Gasteiger partial charge in [0.25, 0.3) is 5.69 Å². The van der Waals surface area contributed by atoms with Gasteiger partial charge in [-0.05, 0) is 15.9 Å². The monoisotopic (exact) mass is 318 g/mol. The van der Waals surface area contributed by atoms with Crippen molar-refractivity contribution in [1.29, 1.82) is 0 Å². The zero-order chi connectivity index (χ0) is 13.3. The quantitative estimate of drug-likeness (QED) is 0.490. The molecule has 0 aromatic heterocycles. The van der Waals surface area contributed by atoms with E-state index in [2.05, 4.69) is 21.2 Å². The van der Waals surface area contributed by atoms with Gasteiger partial charge in [-0.1, -0.05) is 0 Å². The van der Waals surface area contributed by atoms with Crippen LogP contribution in [0.3, 0.4) is 0 Å². The molecule has 0 saturated carbocycles. The number of nitrogens with two attached hydrogens (primary N) is 1. The standard InChI is InChI=1S/C10H12BrFN4O2/c11-8-9(13)7(16(17)18)5-6(12)10(8)15-3-1-14-2-4-15/h5,14H,1-4,13H2. The first-order chi connectivity index (χ1) is 8.52. The Morgan fingerprint density at radius 3 is 2.67 bits per heavy atom. The fourth-order valence-electron chi connectivity index (χ4n) is 1.94. The van der Waals surface area contributed by atoms with E-state index >= 15 is 0 Å². The van der Waals surface area contributed by atoms with Gasteiger partial charge in [0.05, 0.1) is 21.1 Å². The van der Waals surface area contributed by atoms with E-state index in [4.69, 9.17) is 5.73 Å². The highest BCUT2D eigenvalue weighted by Crippen LogP contribution is 2.40. The largest absolute Gasteiger partial charge is 0.392 e. The van der Waals surface area contributed by atoms with Crippen LogP contribution < -0.4 is 16.0 Å². The number of piperazine rings is 1. The van der Waals surface area contributed by atoms with Crippen molar-refractivity contribution < 1.29 is 9.31 Å². The Labute approximate surface area is 111 Å². The first kappa shape index (κ1) is 13.0. The molecular weight excluding hydrogens is 307 g/mol. The molecule has 0 unspecified atom stereocenters. The average molecular weight is 319 g/mol. The summed E-state index contributed by atoms with van der Waals surface area (Å²) in [5, 5.41) is 13.9. The van der Waals surface area contributed by atoms with E-state index in [1.165, 1.54) is 0 Å². The molecule has 6 nitrogen and oxygen atoms in total. The molecule has 1 saturated heterocycles. The summed E-state index contributed by atoms with van der Waals surface area (Å²) in [7, 11) is 0. The molecule has 0 atom stereocenters. The minimum absolute atomic E-state index is 0.0464. The lowest BCUT2D eigenvalue weighted by Crippen LogP contribution is -2.44. The maximum absolute atomic E-state index is 14.0. The molecule has 0 amide bonds. The molecule has 1 aromatic rings. The Bertz CT molecular complexity index is 491. The van der Waals surface area contributed by atoms with E-state index in [1.54, 1.807) is 0 Å². The fraction of sp³-hybridized carbons (Fsp3) is 0.400. The van der Waals surface area contributed by atoms with Gasteiger partial charge in [0.1, 0.15) is 5.69 Å². The molecule has 1 aromatic carbocycles. The molecule has 18 heavy (non-hydrogen) atoms. The zero-order valence-electron chi connectivity index (χ0n) is 9.45. The maximum atomic E-state index is 14.0. The van der Waals surface area contributed by atoms with Crippen LogP contribution in [0.2, 0.25) is 0 Å². The number of halogens is 2. The van der Waals surface area contributed by atoms with Gasteiger partial charge in [0.15, 0.2) is 5.82 Å². The van der Waals surface area contributed by atoms with Crippen molar-refractivity contribution in [1.82, 2.24) is 5.32 Å². The second-order valence-corrected chi connectivity index (χ2v) is 4.74. The highest BCUT2D eigenvalue weighted by molar-refractivity contribution is 9.10. The maximum Gasteiger partial charge on any atom is 0.296 e. The molecule has 0 aliphatic carbocycles.